The quantitative estimate of drug-likeness (QED) is 0.167. The number of carbonyl (C=O) groups excluding carboxylic acids is 2. The molecule has 9 heteroatoms. The Bertz CT molecular complexity index is 1400. The van der Waals surface area contributed by atoms with Crippen LogP contribution >= 0.6 is 22.6 Å². The van der Waals surface area contributed by atoms with Gasteiger partial charge in [-0.2, -0.15) is 10.5 Å². The third kappa shape index (κ3) is 6.40. The van der Waals surface area contributed by atoms with Crippen molar-refractivity contribution < 1.29 is 23.8 Å². The molecule has 3 rings (SSSR count). The van der Waals surface area contributed by atoms with Crippen LogP contribution in [0.4, 0.5) is 5.69 Å². The number of rotatable bonds is 8. The second-order valence-corrected chi connectivity index (χ2v) is 8.45. The zero-order valence-corrected chi connectivity index (χ0v) is 21.5. The molecule has 0 aliphatic heterocycles. The Kier molecular flexibility index (Phi) is 9.03. The molecule has 0 radical (unpaired) electrons. The maximum atomic E-state index is 12.7. The number of hydrogen-bond acceptors (Lipinski definition) is 7. The van der Waals surface area contributed by atoms with E-state index >= 15 is 0 Å². The van der Waals surface area contributed by atoms with Crippen molar-refractivity contribution in [3.8, 4) is 23.6 Å². The van der Waals surface area contributed by atoms with Gasteiger partial charge in [-0.1, -0.05) is 18.2 Å². The van der Waals surface area contributed by atoms with Crippen LogP contribution in [0, 0.1) is 26.2 Å². The number of nitrogens with zero attached hydrogens (tertiary/aromatic N) is 2. The van der Waals surface area contributed by atoms with E-state index in [1.54, 1.807) is 36.4 Å². The lowest BCUT2D eigenvalue weighted by molar-refractivity contribution is -0.112. The third-order valence-electron chi connectivity index (χ3n) is 5.00. The number of esters is 1. The predicted octanol–water partition coefficient (Wildman–Crippen LogP) is 5.08. The monoisotopic (exact) mass is 593 g/mol. The number of nitriles is 2. The molecular weight excluding hydrogens is 573 g/mol. The van der Waals surface area contributed by atoms with Crippen molar-refractivity contribution in [3.63, 3.8) is 0 Å². The Labute approximate surface area is 221 Å². The number of carbonyl (C=O) groups is 2. The van der Waals surface area contributed by atoms with Crippen LogP contribution < -0.4 is 14.8 Å². The Morgan fingerprint density at radius 3 is 2.42 bits per heavy atom. The normalized spacial score (nSPS) is 10.5. The van der Waals surface area contributed by atoms with E-state index in [1.165, 1.54) is 32.4 Å². The zero-order chi connectivity index (χ0) is 26.1. The van der Waals surface area contributed by atoms with Crippen LogP contribution in [0.15, 0.2) is 66.2 Å². The molecule has 0 aliphatic carbocycles. The minimum absolute atomic E-state index is 0.124. The van der Waals surface area contributed by atoms with E-state index in [9.17, 15) is 20.1 Å². The predicted molar refractivity (Wildman–Crippen MR) is 141 cm³/mol. The number of halogens is 1. The molecule has 0 spiro atoms. The van der Waals surface area contributed by atoms with E-state index in [0.717, 1.165) is 5.56 Å². The molecule has 3 aromatic rings. The second-order valence-electron chi connectivity index (χ2n) is 7.28. The molecular formula is C27H20IN3O5. The second kappa shape index (κ2) is 12.4. The minimum Gasteiger partial charge on any atom is -0.493 e. The molecule has 8 nitrogen and oxygen atoms in total. The summed E-state index contributed by atoms with van der Waals surface area (Å²) in [6.45, 7) is 0.173. The van der Waals surface area contributed by atoms with Gasteiger partial charge < -0.3 is 19.5 Å². The van der Waals surface area contributed by atoms with Crippen LogP contribution in [0.1, 0.15) is 27.0 Å². The van der Waals surface area contributed by atoms with Crippen LogP contribution in [0.25, 0.3) is 6.08 Å². The van der Waals surface area contributed by atoms with Crippen molar-refractivity contribution >= 4 is 46.2 Å². The van der Waals surface area contributed by atoms with Crippen molar-refractivity contribution in [2.45, 2.75) is 6.61 Å². The summed E-state index contributed by atoms with van der Waals surface area (Å²) in [5.41, 5.74) is 2.46. The summed E-state index contributed by atoms with van der Waals surface area (Å²) < 4.78 is 16.8. The maximum Gasteiger partial charge on any atom is 0.337 e. The van der Waals surface area contributed by atoms with E-state index in [1.807, 2.05) is 18.2 Å². The molecule has 0 aliphatic rings. The first kappa shape index (κ1) is 26.3. The summed E-state index contributed by atoms with van der Waals surface area (Å²) in [5.74, 6) is -0.197. The van der Waals surface area contributed by atoms with Crippen molar-refractivity contribution in [1.29, 1.82) is 10.5 Å². The summed E-state index contributed by atoms with van der Waals surface area (Å²) in [6, 6.07) is 20.7. The summed E-state index contributed by atoms with van der Waals surface area (Å²) in [4.78, 5) is 24.2. The lowest BCUT2D eigenvalue weighted by Gasteiger charge is -2.14. The Morgan fingerprint density at radius 2 is 1.78 bits per heavy atom. The minimum atomic E-state index is -0.606. The Morgan fingerprint density at radius 1 is 1.06 bits per heavy atom. The van der Waals surface area contributed by atoms with Crippen molar-refractivity contribution in [2.24, 2.45) is 0 Å². The fraction of sp³-hybridized carbons (Fsp3) is 0.111. The van der Waals surface area contributed by atoms with Crippen LogP contribution in [0.5, 0.6) is 11.5 Å². The zero-order valence-electron chi connectivity index (χ0n) is 19.4. The highest BCUT2D eigenvalue weighted by atomic mass is 127. The van der Waals surface area contributed by atoms with E-state index in [0.29, 0.717) is 37.4 Å². The Balaban J connectivity index is 1.80. The van der Waals surface area contributed by atoms with Crippen LogP contribution in [-0.2, 0) is 16.1 Å². The first-order valence-corrected chi connectivity index (χ1v) is 11.6. The van der Waals surface area contributed by atoms with Crippen molar-refractivity contribution in [2.75, 3.05) is 19.5 Å². The molecule has 1 amide bonds. The lowest BCUT2D eigenvalue weighted by Crippen LogP contribution is -2.13. The van der Waals surface area contributed by atoms with Gasteiger partial charge in [0, 0.05) is 11.3 Å². The molecule has 0 fully saturated rings. The summed E-state index contributed by atoms with van der Waals surface area (Å²) in [5, 5.41) is 21.5. The van der Waals surface area contributed by atoms with Crippen LogP contribution in [0.2, 0.25) is 0 Å². The summed E-state index contributed by atoms with van der Waals surface area (Å²) in [7, 11) is 2.77. The number of amides is 1. The Hall–Kier alpha value is -4.35. The fourth-order valence-electron chi connectivity index (χ4n) is 3.19. The first-order chi connectivity index (χ1) is 17.4. The van der Waals surface area contributed by atoms with Crippen molar-refractivity contribution in [1.82, 2.24) is 0 Å². The van der Waals surface area contributed by atoms with E-state index in [4.69, 9.17) is 9.47 Å². The molecule has 0 unspecified atom stereocenters. The van der Waals surface area contributed by atoms with Gasteiger partial charge in [-0.15, -0.1) is 0 Å². The summed E-state index contributed by atoms with van der Waals surface area (Å²) in [6.07, 6.45) is 1.44. The molecule has 0 saturated heterocycles. The van der Waals surface area contributed by atoms with Gasteiger partial charge in [0.25, 0.3) is 5.91 Å². The van der Waals surface area contributed by atoms with Gasteiger partial charge in [0.1, 0.15) is 18.2 Å². The number of anilines is 1. The molecule has 180 valence electrons. The highest BCUT2D eigenvalue weighted by Gasteiger charge is 2.15. The number of nitrogens with one attached hydrogen (secondary N) is 1. The molecule has 0 aromatic heterocycles. The van der Waals surface area contributed by atoms with Gasteiger partial charge in [0.05, 0.1) is 35.0 Å². The van der Waals surface area contributed by atoms with Gasteiger partial charge in [-0.3, -0.25) is 4.79 Å². The maximum absolute atomic E-state index is 12.7. The van der Waals surface area contributed by atoms with E-state index in [2.05, 4.69) is 38.7 Å². The van der Waals surface area contributed by atoms with Gasteiger partial charge in [0.2, 0.25) is 0 Å². The molecule has 0 saturated carbocycles. The largest absolute Gasteiger partial charge is 0.493 e. The van der Waals surface area contributed by atoms with Gasteiger partial charge in [0.15, 0.2) is 11.5 Å². The number of methoxy groups -OCH3 is 2. The van der Waals surface area contributed by atoms with Crippen molar-refractivity contribution in [3.05, 3.63) is 92.1 Å². The van der Waals surface area contributed by atoms with E-state index in [-0.39, 0.29) is 12.2 Å². The third-order valence-corrected chi connectivity index (χ3v) is 5.80. The fourth-order valence-corrected chi connectivity index (χ4v) is 3.97. The van der Waals surface area contributed by atoms with Gasteiger partial charge >= 0.3 is 5.97 Å². The summed E-state index contributed by atoms with van der Waals surface area (Å²) >= 11 is 2.08. The molecule has 0 bridgehead atoms. The highest BCUT2D eigenvalue weighted by Crippen LogP contribution is 2.35. The first-order valence-electron chi connectivity index (χ1n) is 10.5. The molecule has 3 aromatic carbocycles. The average Bonchev–Trinajstić information content (AvgIpc) is 2.90. The molecule has 0 heterocycles. The molecule has 0 atom stereocenters. The van der Waals surface area contributed by atoms with Crippen LogP contribution in [0.3, 0.4) is 0 Å². The standard InChI is InChI=1S/C27H20IN3O5/c1-34-24-13-17(12-23(28)25(24)36-16-20-6-4-3-5-19(20)14-29)11-21(15-30)26(32)31-22-9-7-18(8-10-22)27(33)35-2/h3-13H,16H2,1-2H3,(H,31,32)/b21-11+. The van der Waals surface area contributed by atoms with Gasteiger partial charge in [-0.05, 0) is 76.7 Å². The lowest BCUT2D eigenvalue weighted by atomic mass is 10.1. The molecule has 1 N–H and O–H groups in total. The average molecular weight is 593 g/mol. The topological polar surface area (TPSA) is 121 Å². The van der Waals surface area contributed by atoms with E-state index < -0.39 is 11.9 Å². The smallest absolute Gasteiger partial charge is 0.337 e. The van der Waals surface area contributed by atoms with Crippen LogP contribution in [-0.4, -0.2) is 26.1 Å². The highest BCUT2D eigenvalue weighted by molar-refractivity contribution is 14.1. The number of hydrogen-bond donors (Lipinski definition) is 1. The number of benzene rings is 3. The SMILES string of the molecule is COC(=O)c1ccc(NC(=O)/C(C#N)=C/c2cc(I)c(OCc3ccccc3C#N)c(OC)c2)cc1. The van der Waals surface area contributed by atoms with Gasteiger partial charge in [-0.25, -0.2) is 4.79 Å². The molecule has 36 heavy (non-hydrogen) atoms. The number of ether oxygens (including phenoxy) is 3.